The highest BCUT2D eigenvalue weighted by Gasteiger charge is 2.49. The molecule has 1 aliphatic rings. The van der Waals surface area contributed by atoms with Gasteiger partial charge in [0.2, 0.25) is 5.70 Å². The molecule has 1 atom stereocenters. The van der Waals surface area contributed by atoms with Crippen LogP contribution in [0, 0.1) is 17.9 Å². The molecule has 4 rings (SSSR count). The Morgan fingerprint density at radius 2 is 1.59 bits per heavy atom. The number of amides is 2. The summed E-state index contributed by atoms with van der Waals surface area (Å²) in [4.78, 5) is 16.0. The summed E-state index contributed by atoms with van der Waals surface area (Å²) in [6.45, 7) is 8.97. The largest absolute Gasteiger partial charge is 0.573 e. The number of para-hydroxylation sites is 1. The van der Waals surface area contributed by atoms with Gasteiger partial charge in [-0.25, -0.2) is 30.8 Å². The lowest BCUT2D eigenvalue weighted by molar-refractivity contribution is -0.275. The Balaban J connectivity index is 2.13. The van der Waals surface area contributed by atoms with Crippen molar-refractivity contribution in [3.05, 3.63) is 106 Å². The van der Waals surface area contributed by atoms with E-state index in [9.17, 15) is 53.2 Å². The Kier molecular flexibility index (Phi) is 8.60. The lowest BCUT2D eigenvalue weighted by Gasteiger charge is -2.41. The normalized spacial score (nSPS) is 16.2. The fraction of sp³-hybridized carbons (Fsp3) is 0.179. The van der Waals surface area contributed by atoms with Crippen LogP contribution in [-0.2, 0) is 26.0 Å². The van der Waals surface area contributed by atoms with Gasteiger partial charge < -0.3 is 4.74 Å². The molecule has 0 unspecified atom stereocenters. The maximum atomic E-state index is 14.3. The third kappa shape index (κ3) is 6.35. The molecular weight excluding hydrogens is 666 g/mol. The molecule has 0 fully saturated rings. The van der Waals surface area contributed by atoms with Crippen LogP contribution < -0.4 is 9.64 Å². The van der Waals surface area contributed by atoms with Crippen LogP contribution in [0.25, 0.3) is 4.85 Å². The number of urea groups is 1. The van der Waals surface area contributed by atoms with Gasteiger partial charge in [-0.05, 0) is 55.0 Å². The molecule has 0 radical (unpaired) electrons. The molecule has 0 bridgehead atoms. The van der Waals surface area contributed by atoms with Gasteiger partial charge >= 0.3 is 18.6 Å². The molecule has 0 aromatic heterocycles. The fourth-order valence-electron chi connectivity index (χ4n) is 4.69. The van der Waals surface area contributed by atoms with Crippen molar-refractivity contribution in [3.8, 4) is 11.8 Å². The van der Waals surface area contributed by atoms with E-state index in [-0.39, 0.29) is 9.87 Å². The standard InChI is InChI=1S/C28H18F6N4O6S2/c1-16-24(36-2)25(20-12-11-17(15-35)13-23(20)45(3,40)41)38(26(39)37(16)19-8-6-7-18(14-19)27(29,30)31)46(42,43)22-10-5-4-9-21(22)44-28(32,33)34/h4-14,25H,1,3H3/t25-/m1/s1. The Hall–Kier alpha value is -5.07. The molecule has 0 aliphatic carbocycles. The van der Waals surface area contributed by atoms with Crippen LogP contribution >= 0.6 is 0 Å². The predicted octanol–water partition coefficient (Wildman–Crippen LogP) is 6.40. The van der Waals surface area contributed by atoms with Gasteiger partial charge in [0.05, 0.1) is 28.7 Å². The first-order chi connectivity index (χ1) is 21.2. The van der Waals surface area contributed by atoms with Gasteiger partial charge in [-0.1, -0.05) is 24.3 Å². The molecule has 46 heavy (non-hydrogen) atoms. The van der Waals surface area contributed by atoms with Gasteiger partial charge in [0.1, 0.15) is 16.7 Å². The van der Waals surface area contributed by atoms with E-state index in [2.05, 4.69) is 9.58 Å². The van der Waals surface area contributed by atoms with Crippen LogP contribution in [0.4, 0.5) is 36.8 Å². The number of benzene rings is 3. The van der Waals surface area contributed by atoms with E-state index in [1.54, 1.807) is 6.07 Å². The first kappa shape index (κ1) is 33.8. The molecule has 3 aromatic rings. The average Bonchev–Trinajstić information content (AvgIpc) is 2.95. The highest BCUT2D eigenvalue weighted by molar-refractivity contribution is 7.91. The SMILES string of the molecule is [C-]#[N+]C1=C(C)N(c2cccc(C(F)(F)F)c2)C(=O)N(S(=O)(=O)c2ccccc2OC(F)(F)F)[C@@H]1c1ccc(C#N)cc1S(C)(=O)=O. The molecule has 0 spiro atoms. The van der Waals surface area contributed by atoms with Crippen molar-refractivity contribution < 1.29 is 52.7 Å². The number of sulfonamides is 1. The maximum absolute atomic E-state index is 14.3. The third-order valence-corrected chi connectivity index (χ3v) is 9.51. The molecule has 0 N–H and O–H groups in total. The van der Waals surface area contributed by atoms with Crippen LogP contribution in [0.15, 0.2) is 87.9 Å². The first-order valence-electron chi connectivity index (χ1n) is 12.4. The summed E-state index contributed by atoms with van der Waals surface area (Å²) in [5, 5.41) is 9.35. The number of sulfone groups is 1. The number of rotatable bonds is 6. The van der Waals surface area contributed by atoms with Gasteiger partial charge in [-0.2, -0.15) is 18.4 Å². The summed E-state index contributed by atoms with van der Waals surface area (Å²) in [5.74, 6) is -1.30. The quantitative estimate of drug-likeness (QED) is 0.217. The lowest BCUT2D eigenvalue weighted by Crippen LogP contribution is -2.52. The van der Waals surface area contributed by atoms with Crippen molar-refractivity contribution in [3.63, 3.8) is 0 Å². The zero-order valence-electron chi connectivity index (χ0n) is 23.3. The fourth-order valence-corrected chi connectivity index (χ4v) is 7.24. The first-order valence-corrected chi connectivity index (χ1v) is 15.8. The van der Waals surface area contributed by atoms with Crippen molar-refractivity contribution in [2.75, 3.05) is 11.2 Å². The zero-order chi connectivity index (χ0) is 34.4. The Labute approximate surface area is 258 Å². The second-order valence-corrected chi connectivity index (χ2v) is 13.4. The van der Waals surface area contributed by atoms with Crippen molar-refractivity contribution in [2.24, 2.45) is 0 Å². The number of ether oxygens (including phenoxy) is 1. The van der Waals surface area contributed by atoms with Crippen LogP contribution in [0.2, 0.25) is 0 Å². The second-order valence-electron chi connectivity index (χ2n) is 9.58. The van der Waals surface area contributed by atoms with Gasteiger partial charge in [-0.15, -0.1) is 13.2 Å². The monoisotopic (exact) mass is 684 g/mol. The molecule has 18 heteroatoms. The molecule has 240 valence electrons. The second kappa shape index (κ2) is 11.7. The minimum atomic E-state index is -5.58. The molecule has 0 saturated carbocycles. The van der Waals surface area contributed by atoms with E-state index in [1.165, 1.54) is 0 Å². The van der Waals surface area contributed by atoms with E-state index in [0.29, 0.717) is 35.4 Å². The third-order valence-electron chi connectivity index (χ3n) is 6.58. The number of carbonyl (C=O) groups excluding carboxylic acids is 1. The summed E-state index contributed by atoms with van der Waals surface area (Å²) in [6, 6.07) is 6.97. The number of carbonyl (C=O) groups is 1. The Morgan fingerprint density at radius 3 is 2.15 bits per heavy atom. The lowest BCUT2D eigenvalue weighted by atomic mass is 9.98. The van der Waals surface area contributed by atoms with Crippen LogP contribution in [-0.4, -0.2) is 39.8 Å². The minimum absolute atomic E-state index is 0.0950. The van der Waals surface area contributed by atoms with E-state index < -0.39 is 88.2 Å². The Bertz CT molecular complexity index is 2080. The topological polar surface area (TPSA) is 129 Å². The number of hydrogen-bond donors (Lipinski definition) is 0. The number of anilines is 1. The Morgan fingerprint density at radius 1 is 0.935 bits per heavy atom. The van der Waals surface area contributed by atoms with Crippen molar-refractivity contribution in [1.82, 2.24) is 4.31 Å². The predicted molar refractivity (Wildman–Crippen MR) is 148 cm³/mol. The smallest absolute Gasteiger partial charge is 0.404 e. The van der Waals surface area contributed by atoms with E-state index in [4.69, 9.17) is 6.57 Å². The van der Waals surface area contributed by atoms with Crippen LogP contribution in [0.5, 0.6) is 5.75 Å². The molecular formula is C28H18F6N4O6S2. The summed E-state index contributed by atoms with van der Waals surface area (Å²) < 4.78 is 139. The number of nitriles is 1. The van der Waals surface area contributed by atoms with Gasteiger partial charge in [0.15, 0.2) is 9.84 Å². The highest BCUT2D eigenvalue weighted by Crippen LogP contribution is 2.46. The summed E-state index contributed by atoms with van der Waals surface area (Å²) in [5.41, 5.74) is -3.70. The van der Waals surface area contributed by atoms with Gasteiger partial charge in [0.25, 0.3) is 10.0 Å². The summed E-state index contributed by atoms with van der Waals surface area (Å²) in [6.07, 6.45) is -9.66. The minimum Gasteiger partial charge on any atom is -0.404 e. The molecule has 2 amide bonds. The number of halogens is 6. The number of alkyl halides is 6. The number of nitrogens with zero attached hydrogens (tertiary/aromatic N) is 4. The number of allylic oxidation sites excluding steroid dienone is 1. The molecule has 1 heterocycles. The average molecular weight is 685 g/mol. The maximum Gasteiger partial charge on any atom is 0.573 e. The number of hydrogen-bond acceptors (Lipinski definition) is 7. The molecule has 1 aliphatic heterocycles. The van der Waals surface area contributed by atoms with Crippen molar-refractivity contribution >= 4 is 31.6 Å². The van der Waals surface area contributed by atoms with E-state index >= 15 is 0 Å². The van der Waals surface area contributed by atoms with Gasteiger partial charge in [-0.3, -0.25) is 4.90 Å². The summed E-state index contributed by atoms with van der Waals surface area (Å²) >= 11 is 0. The van der Waals surface area contributed by atoms with Crippen LogP contribution in [0.3, 0.4) is 0 Å². The highest BCUT2D eigenvalue weighted by atomic mass is 32.2. The van der Waals surface area contributed by atoms with Crippen LogP contribution in [0.1, 0.15) is 29.7 Å². The van der Waals surface area contributed by atoms with E-state index in [1.807, 2.05) is 0 Å². The zero-order valence-corrected chi connectivity index (χ0v) is 24.9. The van der Waals surface area contributed by atoms with E-state index in [0.717, 1.165) is 49.4 Å². The van der Waals surface area contributed by atoms with Crippen molar-refractivity contribution in [2.45, 2.75) is 35.3 Å². The molecule has 3 aromatic carbocycles. The van der Waals surface area contributed by atoms with Crippen molar-refractivity contribution in [1.29, 1.82) is 5.26 Å². The van der Waals surface area contributed by atoms with Gasteiger partial charge in [0, 0.05) is 17.6 Å². The summed E-state index contributed by atoms with van der Waals surface area (Å²) in [7, 11) is -9.93. The molecule has 10 nitrogen and oxygen atoms in total. The molecule has 0 saturated heterocycles.